The van der Waals surface area contributed by atoms with Crippen LogP contribution in [0.4, 0.5) is 0 Å². The molecule has 87 heavy (non-hydrogen) atoms. The van der Waals surface area contributed by atoms with Crippen molar-refractivity contribution in [2.45, 2.75) is 356 Å². The number of carbonyl (C=O) groups excluding carboxylic acids is 4. The second kappa shape index (κ2) is 59.1. The maximum absolute atomic E-state index is 13.0. The monoisotopic (exact) mass is 1280 g/mol. The number of unbranched alkanes of at least 4 members (excludes halogenated alkanes) is 34. The van der Waals surface area contributed by atoms with E-state index in [-0.39, 0.29) is 25.7 Å². The fourth-order valence-electron chi connectivity index (χ4n) is 10.2. The van der Waals surface area contributed by atoms with Crippen LogP contribution in [0.15, 0.2) is 0 Å². The first-order valence-electron chi connectivity index (χ1n) is 35.3. The van der Waals surface area contributed by atoms with Crippen molar-refractivity contribution < 1.29 is 80.2 Å². The average molecular weight is 1280 g/mol. The Morgan fingerprint density at radius 1 is 0.310 bits per heavy atom. The molecule has 0 aliphatic heterocycles. The summed E-state index contributed by atoms with van der Waals surface area (Å²) in [7, 11) is -9.89. The van der Waals surface area contributed by atoms with Gasteiger partial charge in [0.05, 0.1) is 26.4 Å². The third-order valence-electron chi connectivity index (χ3n) is 15.6. The number of hydrogen-bond acceptors (Lipinski definition) is 15. The third-order valence-corrected chi connectivity index (χ3v) is 17.5. The molecule has 0 radical (unpaired) electrons. The van der Waals surface area contributed by atoms with Gasteiger partial charge in [-0.25, -0.2) is 9.13 Å². The van der Waals surface area contributed by atoms with Crippen LogP contribution in [0.3, 0.4) is 0 Å². The number of phosphoric ester groups is 2. The summed E-state index contributed by atoms with van der Waals surface area (Å²) in [5.41, 5.74) is 0. The van der Waals surface area contributed by atoms with Crippen LogP contribution in [0, 0.1) is 17.8 Å². The molecule has 17 nitrogen and oxygen atoms in total. The second-order valence-electron chi connectivity index (χ2n) is 26.0. The molecule has 19 heteroatoms. The number of hydrogen-bond donors (Lipinski definition) is 3. The van der Waals surface area contributed by atoms with Crippen LogP contribution in [0.2, 0.25) is 0 Å². The Labute approximate surface area is 530 Å². The van der Waals surface area contributed by atoms with Gasteiger partial charge in [-0.2, -0.15) is 0 Å². The Balaban J connectivity index is 5.23. The second-order valence-corrected chi connectivity index (χ2v) is 28.9. The zero-order chi connectivity index (χ0) is 64.5. The Kier molecular flexibility index (Phi) is 57.8. The fraction of sp³-hybridized carbons (Fsp3) is 0.941. The minimum atomic E-state index is -4.95. The lowest BCUT2D eigenvalue weighted by Gasteiger charge is -2.21. The van der Waals surface area contributed by atoms with E-state index in [0.29, 0.717) is 31.6 Å². The predicted molar refractivity (Wildman–Crippen MR) is 349 cm³/mol. The van der Waals surface area contributed by atoms with Crippen LogP contribution in [-0.4, -0.2) is 96.7 Å². The van der Waals surface area contributed by atoms with Gasteiger partial charge in [-0.1, -0.05) is 286 Å². The van der Waals surface area contributed by atoms with E-state index < -0.39 is 97.5 Å². The summed E-state index contributed by atoms with van der Waals surface area (Å²) in [6.07, 6.45) is 41.8. The molecule has 0 saturated carbocycles. The zero-order valence-electron chi connectivity index (χ0n) is 56.5. The first-order valence-corrected chi connectivity index (χ1v) is 38.3. The van der Waals surface area contributed by atoms with Gasteiger partial charge in [0, 0.05) is 25.7 Å². The van der Waals surface area contributed by atoms with E-state index in [1.807, 2.05) is 0 Å². The molecule has 0 aliphatic carbocycles. The van der Waals surface area contributed by atoms with Crippen LogP contribution in [0.5, 0.6) is 0 Å². The molecule has 0 fully saturated rings. The number of esters is 4. The molecule has 516 valence electrons. The molecule has 5 atom stereocenters. The zero-order valence-corrected chi connectivity index (χ0v) is 58.3. The summed E-state index contributed by atoms with van der Waals surface area (Å²) in [5, 5.41) is 10.6. The molecule has 0 aromatic heterocycles. The van der Waals surface area contributed by atoms with Crippen LogP contribution >= 0.6 is 15.6 Å². The maximum Gasteiger partial charge on any atom is 0.472 e. The normalized spacial score (nSPS) is 14.3. The van der Waals surface area contributed by atoms with Crippen LogP contribution in [-0.2, 0) is 65.4 Å². The number of carbonyl (C=O) groups is 4. The number of phosphoric acid groups is 2. The van der Waals surface area contributed by atoms with E-state index in [9.17, 15) is 43.2 Å². The highest BCUT2D eigenvalue weighted by Crippen LogP contribution is 2.45. The van der Waals surface area contributed by atoms with Crippen molar-refractivity contribution >= 4 is 39.5 Å². The van der Waals surface area contributed by atoms with Gasteiger partial charge in [0.1, 0.15) is 19.3 Å². The van der Waals surface area contributed by atoms with Gasteiger partial charge in [-0.15, -0.1) is 0 Å². The largest absolute Gasteiger partial charge is 0.472 e. The molecule has 0 aromatic carbocycles. The molecule has 0 aromatic rings. The van der Waals surface area contributed by atoms with Crippen molar-refractivity contribution in [2.24, 2.45) is 17.8 Å². The Morgan fingerprint density at radius 2 is 0.529 bits per heavy atom. The smallest absolute Gasteiger partial charge is 0.462 e. The molecule has 0 aliphatic rings. The average Bonchev–Trinajstić information content (AvgIpc) is 3.67. The summed E-state index contributed by atoms with van der Waals surface area (Å²) in [6, 6.07) is 0. The fourth-order valence-corrected chi connectivity index (χ4v) is 11.8. The maximum atomic E-state index is 13.0. The Hall–Kier alpha value is -1.94. The minimum absolute atomic E-state index is 0.102. The molecule has 0 bridgehead atoms. The summed E-state index contributed by atoms with van der Waals surface area (Å²) in [5.74, 6) is 0.0834. The molecule has 3 N–H and O–H groups in total. The highest BCUT2D eigenvalue weighted by Gasteiger charge is 2.30. The van der Waals surface area contributed by atoms with Crippen LogP contribution < -0.4 is 0 Å². The molecular weight excluding hydrogens is 1150 g/mol. The molecular formula is C68H132O17P2. The molecule has 0 spiro atoms. The third kappa shape index (κ3) is 62.6. The van der Waals surface area contributed by atoms with Gasteiger partial charge in [0.15, 0.2) is 12.2 Å². The number of ether oxygens (including phenoxy) is 4. The van der Waals surface area contributed by atoms with Crippen molar-refractivity contribution in [2.75, 3.05) is 39.6 Å². The van der Waals surface area contributed by atoms with E-state index >= 15 is 0 Å². The van der Waals surface area contributed by atoms with Crippen molar-refractivity contribution in [3.63, 3.8) is 0 Å². The van der Waals surface area contributed by atoms with Crippen molar-refractivity contribution in [1.82, 2.24) is 0 Å². The van der Waals surface area contributed by atoms with Gasteiger partial charge < -0.3 is 33.8 Å². The summed E-state index contributed by atoms with van der Waals surface area (Å²) < 4.78 is 68.1. The topological polar surface area (TPSA) is 237 Å². The number of rotatable bonds is 66. The van der Waals surface area contributed by atoms with Crippen LogP contribution in [0.1, 0.15) is 337 Å². The van der Waals surface area contributed by atoms with Gasteiger partial charge in [-0.05, 0) is 43.4 Å². The number of aliphatic hydroxyl groups excluding tert-OH is 1. The lowest BCUT2D eigenvalue weighted by Crippen LogP contribution is -2.30. The number of aliphatic hydroxyl groups is 1. The van der Waals surface area contributed by atoms with Gasteiger partial charge in [0.25, 0.3) is 0 Å². The van der Waals surface area contributed by atoms with E-state index in [1.54, 1.807) is 0 Å². The lowest BCUT2D eigenvalue weighted by molar-refractivity contribution is -0.161. The van der Waals surface area contributed by atoms with Gasteiger partial charge >= 0.3 is 39.5 Å². The molecule has 0 rings (SSSR count). The lowest BCUT2D eigenvalue weighted by atomic mass is 10.0. The van der Waals surface area contributed by atoms with Gasteiger partial charge in [-0.3, -0.25) is 37.3 Å². The highest BCUT2D eigenvalue weighted by atomic mass is 31.2. The van der Waals surface area contributed by atoms with Crippen molar-refractivity contribution in [3.8, 4) is 0 Å². The van der Waals surface area contributed by atoms with E-state index in [0.717, 1.165) is 102 Å². The first kappa shape index (κ1) is 85.1. The quantitative estimate of drug-likeness (QED) is 0.0222. The summed E-state index contributed by atoms with van der Waals surface area (Å²) >= 11 is 0. The highest BCUT2D eigenvalue weighted by molar-refractivity contribution is 7.47. The Bertz CT molecular complexity index is 1720. The SMILES string of the molecule is CCCCCCCCCCCC(=O)OC[C@H](COP(=O)(O)OC[C@H](O)COP(=O)(O)OC[C@@H](COC(=O)CCCCCCCCCCCCCC(C)C)OC(=O)CCCCCCCCCCCCCCC(C)C)OC(=O)CCCCCCCCC(C)C. The minimum Gasteiger partial charge on any atom is -0.462 e. The predicted octanol–water partition coefficient (Wildman–Crippen LogP) is 19.1. The molecule has 0 amide bonds. The van der Waals surface area contributed by atoms with Gasteiger partial charge in [0.2, 0.25) is 0 Å². The first-order chi connectivity index (χ1) is 41.7. The van der Waals surface area contributed by atoms with E-state index in [2.05, 4.69) is 48.5 Å². The van der Waals surface area contributed by atoms with E-state index in [4.69, 9.17) is 37.0 Å². The standard InChI is InChI=1S/C68H132O17P2/c1-8-9-10-11-12-20-27-35-42-49-65(70)78-56-64(85-68(73)52-45-38-31-30-34-41-48-61(6)7)58-83-87(76,77)81-54-62(69)53-80-86(74,75)82-57-63(55-79-66(71)50-43-36-28-23-19-15-17-22-26-33-40-47-60(4)5)84-67(72)51-44-37-29-24-18-14-13-16-21-25-32-39-46-59(2)3/h59-64,69H,8-58H2,1-7H3,(H,74,75)(H,76,77)/t62-,63-,64-/m1/s1. The molecule has 2 unspecified atom stereocenters. The summed E-state index contributed by atoms with van der Waals surface area (Å²) in [6.45, 7) is 11.7. The summed E-state index contributed by atoms with van der Waals surface area (Å²) in [4.78, 5) is 72.4. The van der Waals surface area contributed by atoms with Crippen LogP contribution in [0.25, 0.3) is 0 Å². The van der Waals surface area contributed by atoms with E-state index in [1.165, 1.54) is 148 Å². The Morgan fingerprint density at radius 3 is 0.782 bits per heavy atom. The molecule has 0 saturated heterocycles. The molecule has 0 heterocycles. The van der Waals surface area contributed by atoms with Crippen molar-refractivity contribution in [3.05, 3.63) is 0 Å². The van der Waals surface area contributed by atoms with Crippen molar-refractivity contribution in [1.29, 1.82) is 0 Å².